The van der Waals surface area contributed by atoms with E-state index < -0.39 is 0 Å². The molecule has 1 aromatic carbocycles. The van der Waals surface area contributed by atoms with Crippen molar-refractivity contribution in [2.75, 3.05) is 43.6 Å². The van der Waals surface area contributed by atoms with E-state index in [1.54, 1.807) is 0 Å². The Morgan fingerprint density at radius 2 is 2.00 bits per heavy atom. The fourth-order valence-electron chi connectivity index (χ4n) is 2.76. The number of amides is 1. The zero-order valence-corrected chi connectivity index (χ0v) is 13.4. The van der Waals surface area contributed by atoms with Gasteiger partial charge in [-0.05, 0) is 43.0 Å². The van der Waals surface area contributed by atoms with Crippen molar-refractivity contribution in [3.8, 4) is 0 Å². The lowest BCUT2D eigenvalue weighted by molar-refractivity contribution is -0.122. The molecular weight excluding hydrogens is 280 g/mol. The summed E-state index contributed by atoms with van der Waals surface area (Å²) in [6, 6.07) is 7.70. The number of rotatable bonds is 6. The minimum Gasteiger partial charge on any atom is -0.395 e. The summed E-state index contributed by atoms with van der Waals surface area (Å²) in [5.41, 5.74) is 1.83. The maximum absolute atomic E-state index is 12.3. The molecule has 1 aromatic rings. The van der Waals surface area contributed by atoms with Gasteiger partial charge in [0.1, 0.15) is 0 Å². The second-order valence-electron chi connectivity index (χ2n) is 5.92. The Bertz CT molecular complexity index is 469. The van der Waals surface area contributed by atoms with Crippen molar-refractivity contribution in [1.29, 1.82) is 0 Å². The molecule has 0 spiro atoms. The molecule has 1 amide bonds. The molecule has 1 aliphatic heterocycles. The van der Waals surface area contributed by atoms with Crippen molar-refractivity contribution in [2.24, 2.45) is 11.8 Å². The molecule has 2 N–H and O–H groups in total. The van der Waals surface area contributed by atoms with Gasteiger partial charge in [-0.3, -0.25) is 4.79 Å². The summed E-state index contributed by atoms with van der Waals surface area (Å²) in [5, 5.41) is 11.9. The van der Waals surface area contributed by atoms with Crippen LogP contribution in [0.25, 0.3) is 0 Å². The van der Waals surface area contributed by atoms with Crippen LogP contribution in [0.4, 0.5) is 11.4 Å². The Kier molecular flexibility index (Phi) is 6.21. The van der Waals surface area contributed by atoms with Gasteiger partial charge in [-0.1, -0.05) is 6.92 Å². The number of carbonyl (C=O) groups excluding carboxylic acids is 1. The summed E-state index contributed by atoms with van der Waals surface area (Å²) in [7, 11) is 1.93. The lowest BCUT2D eigenvalue weighted by atomic mass is 9.87. The van der Waals surface area contributed by atoms with Crippen molar-refractivity contribution in [1.82, 2.24) is 0 Å². The predicted octanol–water partition coefficient (Wildman–Crippen LogP) is 2.12. The second kappa shape index (κ2) is 8.15. The van der Waals surface area contributed by atoms with Gasteiger partial charge in [-0.2, -0.15) is 0 Å². The lowest BCUT2D eigenvalue weighted by Crippen LogP contribution is -2.30. The first-order valence-electron chi connectivity index (χ1n) is 7.92. The van der Waals surface area contributed by atoms with Crippen LogP contribution in [0.3, 0.4) is 0 Å². The number of hydrogen-bond donors (Lipinski definition) is 2. The van der Waals surface area contributed by atoms with Crippen LogP contribution in [0.5, 0.6) is 0 Å². The number of nitrogens with one attached hydrogen (secondary N) is 1. The van der Waals surface area contributed by atoms with Gasteiger partial charge in [0, 0.05) is 44.1 Å². The number of anilines is 2. The van der Waals surface area contributed by atoms with Crippen LogP contribution in [0.15, 0.2) is 24.3 Å². The topological polar surface area (TPSA) is 61.8 Å². The Labute approximate surface area is 132 Å². The third-order valence-corrected chi connectivity index (χ3v) is 4.40. The van der Waals surface area contributed by atoms with E-state index in [9.17, 15) is 4.79 Å². The summed E-state index contributed by atoms with van der Waals surface area (Å²) in [5.74, 6) is 0.479. The van der Waals surface area contributed by atoms with Gasteiger partial charge < -0.3 is 20.1 Å². The molecule has 1 unspecified atom stereocenters. The number of aliphatic hydroxyl groups is 1. The fourth-order valence-corrected chi connectivity index (χ4v) is 2.76. The van der Waals surface area contributed by atoms with E-state index >= 15 is 0 Å². The SMILES string of the molecule is CC(C(=O)Nc1ccc(N(C)CCO)cc1)C1CCOCC1. The average Bonchev–Trinajstić information content (AvgIpc) is 2.55. The smallest absolute Gasteiger partial charge is 0.227 e. The molecule has 0 aliphatic carbocycles. The highest BCUT2D eigenvalue weighted by molar-refractivity contribution is 5.92. The minimum absolute atomic E-state index is 0.000592. The van der Waals surface area contributed by atoms with Crippen LogP contribution >= 0.6 is 0 Å². The molecule has 1 saturated heterocycles. The predicted molar refractivity (Wildman–Crippen MR) is 88.1 cm³/mol. The van der Waals surface area contributed by atoms with Crippen LogP contribution < -0.4 is 10.2 Å². The first-order chi connectivity index (χ1) is 10.6. The number of hydrogen-bond acceptors (Lipinski definition) is 4. The number of likely N-dealkylation sites (N-methyl/N-ethyl adjacent to an activating group) is 1. The normalized spacial score (nSPS) is 17.0. The van der Waals surface area contributed by atoms with Gasteiger partial charge in [-0.25, -0.2) is 0 Å². The highest BCUT2D eigenvalue weighted by Crippen LogP contribution is 2.25. The molecule has 0 aromatic heterocycles. The van der Waals surface area contributed by atoms with Crippen LogP contribution in [-0.4, -0.2) is 44.4 Å². The van der Waals surface area contributed by atoms with Gasteiger partial charge >= 0.3 is 0 Å². The molecule has 1 aliphatic rings. The van der Waals surface area contributed by atoms with Crippen molar-refractivity contribution in [3.05, 3.63) is 24.3 Å². The second-order valence-corrected chi connectivity index (χ2v) is 5.92. The van der Waals surface area contributed by atoms with E-state index in [0.29, 0.717) is 12.5 Å². The third-order valence-electron chi connectivity index (χ3n) is 4.40. The van der Waals surface area contributed by atoms with E-state index in [-0.39, 0.29) is 18.4 Å². The number of carbonyl (C=O) groups is 1. The standard InChI is InChI=1S/C17H26N2O3/c1-13(14-7-11-22-12-8-14)17(21)18-15-3-5-16(6-4-15)19(2)9-10-20/h3-6,13-14,20H,7-12H2,1-2H3,(H,18,21). The minimum atomic E-state index is 0.000592. The average molecular weight is 306 g/mol. The molecule has 0 saturated carbocycles. The van der Waals surface area contributed by atoms with Crippen LogP contribution in [-0.2, 0) is 9.53 Å². The lowest BCUT2D eigenvalue weighted by Gasteiger charge is -2.27. The molecule has 122 valence electrons. The van der Waals surface area contributed by atoms with Gasteiger partial charge in [0.05, 0.1) is 6.61 Å². The molecule has 1 heterocycles. The maximum Gasteiger partial charge on any atom is 0.227 e. The van der Waals surface area contributed by atoms with Crippen LogP contribution in [0.1, 0.15) is 19.8 Å². The van der Waals surface area contributed by atoms with Gasteiger partial charge in [0.25, 0.3) is 0 Å². The highest BCUT2D eigenvalue weighted by atomic mass is 16.5. The Balaban J connectivity index is 1.90. The molecule has 5 nitrogen and oxygen atoms in total. The Hall–Kier alpha value is -1.59. The monoisotopic (exact) mass is 306 g/mol. The van der Waals surface area contributed by atoms with E-state index in [4.69, 9.17) is 9.84 Å². The van der Waals surface area contributed by atoms with Gasteiger partial charge in [0.15, 0.2) is 0 Å². The van der Waals surface area contributed by atoms with E-state index in [1.165, 1.54) is 0 Å². The number of aliphatic hydroxyl groups excluding tert-OH is 1. The quantitative estimate of drug-likeness (QED) is 0.845. The zero-order valence-electron chi connectivity index (χ0n) is 13.4. The molecule has 0 bridgehead atoms. The van der Waals surface area contributed by atoms with Crippen molar-refractivity contribution in [3.63, 3.8) is 0 Å². The summed E-state index contributed by atoms with van der Waals surface area (Å²) >= 11 is 0. The molecular formula is C17H26N2O3. The molecule has 5 heteroatoms. The summed E-state index contributed by atoms with van der Waals surface area (Å²) in [4.78, 5) is 14.3. The summed E-state index contributed by atoms with van der Waals surface area (Å²) < 4.78 is 5.35. The number of benzene rings is 1. The molecule has 0 radical (unpaired) electrons. The van der Waals surface area contributed by atoms with Gasteiger partial charge in [0.2, 0.25) is 5.91 Å². The third kappa shape index (κ3) is 4.45. The molecule has 1 atom stereocenters. The molecule has 2 rings (SSSR count). The Morgan fingerprint density at radius 3 is 2.59 bits per heavy atom. The molecule has 1 fully saturated rings. The number of nitrogens with zero attached hydrogens (tertiary/aromatic N) is 1. The maximum atomic E-state index is 12.3. The first kappa shape index (κ1) is 16.8. The highest BCUT2D eigenvalue weighted by Gasteiger charge is 2.25. The molecule has 22 heavy (non-hydrogen) atoms. The summed E-state index contributed by atoms with van der Waals surface area (Å²) in [6.45, 7) is 4.22. The fraction of sp³-hybridized carbons (Fsp3) is 0.588. The summed E-state index contributed by atoms with van der Waals surface area (Å²) in [6.07, 6.45) is 1.92. The van der Waals surface area contributed by atoms with Crippen LogP contribution in [0.2, 0.25) is 0 Å². The van der Waals surface area contributed by atoms with Crippen LogP contribution in [0, 0.1) is 11.8 Å². The van der Waals surface area contributed by atoms with Gasteiger partial charge in [-0.15, -0.1) is 0 Å². The van der Waals surface area contributed by atoms with E-state index in [0.717, 1.165) is 37.4 Å². The largest absolute Gasteiger partial charge is 0.395 e. The number of ether oxygens (including phenoxy) is 1. The van der Waals surface area contributed by atoms with Crippen molar-refractivity contribution >= 4 is 17.3 Å². The van der Waals surface area contributed by atoms with Crippen molar-refractivity contribution < 1.29 is 14.6 Å². The van der Waals surface area contributed by atoms with Crippen molar-refractivity contribution in [2.45, 2.75) is 19.8 Å². The first-order valence-corrected chi connectivity index (χ1v) is 7.92. The van der Waals surface area contributed by atoms with E-state index in [2.05, 4.69) is 5.32 Å². The van der Waals surface area contributed by atoms with E-state index in [1.807, 2.05) is 43.1 Å². The Morgan fingerprint density at radius 1 is 1.36 bits per heavy atom. The zero-order chi connectivity index (χ0) is 15.9.